The summed E-state index contributed by atoms with van der Waals surface area (Å²) in [6.45, 7) is 0. The van der Waals surface area contributed by atoms with Crippen LogP contribution in [0.4, 0.5) is 11.4 Å². The topological polar surface area (TPSA) is 156 Å². The highest BCUT2D eigenvalue weighted by Crippen LogP contribution is 2.46. The Morgan fingerprint density at radius 1 is 0.759 bits per heavy atom. The molecule has 8 nitrogen and oxygen atoms in total. The number of carbonyl (C=O) groups is 2. The van der Waals surface area contributed by atoms with Crippen LogP contribution in [0.2, 0.25) is 0 Å². The van der Waals surface area contributed by atoms with Crippen molar-refractivity contribution in [2.24, 2.45) is 0 Å². The number of fused-ring (bicyclic) bond motifs is 2. The first-order valence-electron chi connectivity index (χ1n) is 8.49. The maximum atomic E-state index is 13.1. The van der Waals surface area contributed by atoms with Crippen molar-refractivity contribution in [2.75, 3.05) is 18.6 Å². The van der Waals surface area contributed by atoms with Gasteiger partial charge >= 0.3 is 0 Å². The van der Waals surface area contributed by atoms with E-state index in [0.717, 1.165) is 0 Å². The Kier molecular flexibility index (Phi) is 3.86. The number of aromatic hydroxyl groups is 3. The Bertz CT molecular complexity index is 1230. The third-order valence-electron chi connectivity index (χ3n) is 4.94. The van der Waals surface area contributed by atoms with E-state index in [2.05, 4.69) is 0 Å². The lowest BCUT2D eigenvalue weighted by atomic mass is 9.80. The zero-order valence-electron chi connectivity index (χ0n) is 15.2. The van der Waals surface area contributed by atoms with Gasteiger partial charge in [0.1, 0.15) is 11.5 Å². The van der Waals surface area contributed by atoms with Crippen LogP contribution in [0.15, 0.2) is 36.4 Å². The molecule has 0 atom stereocenters. The Balaban J connectivity index is 2.02. The number of ether oxygens (including phenoxy) is 1. The van der Waals surface area contributed by atoms with Gasteiger partial charge in [-0.15, -0.1) is 0 Å². The zero-order valence-corrected chi connectivity index (χ0v) is 15.2. The molecule has 3 aromatic carbocycles. The molecule has 0 spiro atoms. The van der Waals surface area contributed by atoms with Crippen molar-refractivity contribution in [1.29, 1.82) is 0 Å². The second-order valence-electron chi connectivity index (χ2n) is 6.58. The lowest BCUT2D eigenvalue weighted by Gasteiger charge is -2.23. The SMILES string of the molecule is COc1cc(-c2cc(N)c3c(c2O)C(=O)c2c(N)ccc(O)c2C3=O)ccc1O. The summed E-state index contributed by atoms with van der Waals surface area (Å²) in [6.07, 6.45) is 0. The molecule has 0 saturated carbocycles. The molecule has 4 rings (SSSR count). The van der Waals surface area contributed by atoms with Gasteiger partial charge in [0.15, 0.2) is 11.5 Å². The minimum absolute atomic E-state index is 0.00326. The third-order valence-corrected chi connectivity index (χ3v) is 4.94. The standard InChI is InChI=1S/C21H16N2O6/c1-29-14-6-8(2-4-12(14)24)9-7-11(23)16-18(19(9)26)21(28)15-10(22)3-5-13(25)17(15)20(16)27/h2-7,24-26H,22-23H2,1H3. The van der Waals surface area contributed by atoms with E-state index in [0.29, 0.717) is 5.56 Å². The van der Waals surface area contributed by atoms with Gasteiger partial charge in [0.05, 0.1) is 29.4 Å². The second kappa shape index (κ2) is 6.16. The van der Waals surface area contributed by atoms with E-state index in [4.69, 9.17) is 16.2 Å². The molecular formula is C21H16N2O6. The smallest absolute Gasteiger partial charge is 0.200 e. The Hall–Kier alpha value is -4.20. The van der Waals surface area contributed by atoms with E-state index < -0.39 is 23.1 Å². The Labute approximate surface area is 164 Å². The molecular weight excluding hydrogens is 376 g/mol. The normalized spacial score (nSPS) is 12.4. The fourth-order valence-corrected chi connectivity index (χ4v) is 3.56. The highest BCUT2D eigenvalue weighted by atomic mass is 16.5. The van der Waals surface area contributed by atoms with Crippen LogP contribution in [-0.4, -0.2) is 34.0 Å². The summed E-state index contributed by atoms with van der Waals surface area (Å²) in [6, 6.07) is 8.19. The number of rotatable bonds is 2. The van der Waals surface area contributed by atoms with Crippen LogP contribution in [0.25, 0.3) is 11.1 Å². The van der Waals surface area contributed by atoms with Gasteiger partial charge in [-0.05, 0) is 35.9 Å². The maximum absolute atomic E-state index is 13.1. The molecule has 0 radical (unpaired) electrons. The lowest BCUT2D eigenvalue weighted by molar-refractivity contribution is 0.0975. The van der Waals surface area contributed by atoms with Crippen molar-refractivity contribution < 1.29 is 29.6 Å². The van der Waals surface area contributed by atoms with Crippen LogP contribution in [0, 0.1) is 0 Å². The fourth-order valence-electron chi connectivity index (χ4n) is 3.56. The van der Waals surface area contributed by atoms with Gasteiger partial charge in [0, 0.05) is 16.9 Å². The monoisotopic (exact) mass is 392 g/mol. The number of hydrogen-bond donors (Lipinski definition) is 5. The number of phenolic OH excluding ortho intramolecular Hbond substituents is 3. The van der Waals surface area contributed by atoms with Gasteiger partial charge in [0.25, 0.3) is 0 Å². The van der Waals surface area contributed by atoms with Gasteiger partial charge in [-0.2, -0.15) is 0 Å². The molecule has 0 aliphatic heterocycles. The van der Waals surface area contributed by atoms with Gasteiger partial charge < -0.3 is 31.5 Å². The molecule has 1 aliphatic rings. The summed E-state index contributed by atoms with van der Waals surface area (Å²) in [5, 5.41) is 30.8. The molecule has 146 valence electrons. The summed E-state index contributed by atoms with van der Waals surface area (Å²) >= 11 is 0. The number of carbonyl (C=O) groups excluding carboxylic acids is 2. The van der Waals surface area contributed by atoms with Gasteiger partial charge in [-0.3, -0.25) is 9.59 Å². The van der Waals surface area contributed by atoms with E-state index in [1.165, 1.54) is 43.5 Å². The summed E-state index contributed by atoms with van der Waals surface area (Å²) in [4.78, 5) is 26.1. The molecule has 7 N–H and O–H groups in total. The molecule has 0 amide bonds. The van der Waals surface area contributed by atoms with Crippen molar-refractivity contribution in [2.45, 2.75) is 0 Å². The predicted molar refractivity (Wildman–Crippen MR) is 106 cm³/mol. The first-order valence-corrected chi connectivity index (χ1v) is 8.49. The number of benzene rings is 3. The van der Waals surface area contributed by atoms with Gasteiger partial charge in [-0.1, -0.05) is 6.07 Å². The van der Waals surface area contributed by atoms with Crippen molar-refractivity contribution in [3.8, 4) is 34.1 Å². The number of hydrogen-bond acceptors (Lipinski definition) is 8. The van der Waals surface area contributed by atoms with Crippen LogP contribution >= 0.6 is 0 Å². The summed E-state index contributed by atoms with van der Waals surface area (Å²) in [7, 11) is 1.37. The molecule has 0 fully saturated rings. The number of ketones is 2. The van der Waals surface area contributed by atoms with Crippen LogP contribution in [-0.2, 0) is 0 Å². The molecule has 8 heteroatoms. The van der Waals surface area contributed by atoms with E-state index in [-0.39, 0.29) is 50.7 Å². The largest absolute Gasteiger partial charge is 0.507 e. The van der Waals surface area contributed by atoms with E-state index in [1.54, 1.807) is 0 Å². The highest BCUT2D eigenvalue weighted by Gasteiger charge is 2.38. The summed E-state index contributed by atoms with van der Waals surface area (Å²) in [5.41, 5.74) is 11.5. The third kappa shape index (κ3) is 2.46. The number of phenols is 3. The van der Waals surface area contributed by atoms with Crippen molar-refractivity contribution >= 4 is 22.9 Å². The molecule has 0 bridgehead atoms. The van der Waals surface area contributed by atoms with Crippen LogP contribution < -0.4 is 16.2 Å². The lowest BCUT2D eigenvalue weighted by Crippen LogP contribution is -2.24. The molecule has 0 unspecified atom stereocenters. The number of methoxy groups -OCH3 is 1. The number of nitrogen functional groups attached to an aromatic ring is 2. The highest BCUT2D eigenvalue weighted by molar-refractivity contribution is 6.33. The van der Waals surface area contributed by atoms with Gasteiger partial charge in [0.2, 0.25) is 11.6 Å². The second-order valence-corrected chi connectivity index (χ2v) is 6.58. The first-order chi connectivity index (χ1) is 13.8. The van der Waals surface area contributed by atoms with Crippen LogP contribution in [0.5, 0.6) is 23.0 Å². The number of anilines is 2. The molecule has 1 aliphatic carbocycles. The van der Waals surface area contributed by atoms with E-state index in [1.807, 2.05) is 0 Å². The Morgan fingerprint density at radius 2 is 1.38 bits per heavy atom. The number of nitrogens with two attached hydrogens (primary N) is 2. The minimum atomic E-state index is -0.722. The quantitative estimate of drug-likeness (QED) is 0.257. The average Bonchev–Trinajstić information content (AvgIpc) is 2.69. The Morgan fingerprint density at radius 3 is 2.07 bits per heavy atom. The molecule has 0 aromatic heterocycles. The molecule has 0 saturated heterocycles. The average molecular weight is 392 g/mol. The summed E-state index contributed by atoms with van der Waals surface area (Å²) in [5.74, 6) is -2.25. The predicted octanol–water partition coefficient (Wildman–Crippen LogP) is 2.42. The van der Waals surface area contributed by atoms with Crippen molar-refractivity contribution in [1.82, 2.24) is 0 Å². The van der Waals surface area contributed by atoms with E-state index >= 15 is 0 Å². The molecule has 29 heavy (non-hydrogen) atoms. The van der Waals surface area contributed by atoms with Crippen LogP contribution in [0.3, 0.4) is 0 Å². The molecule has 3 aromatic rings. The van der Waals surface area contributed by atoms with Gasteiger partial charge in [-0.25, -0.2) is 0 Å². The molecule has 0 heterocycles. The summed E-state index contributed by atoms with van der Waals surface area (Å²) < 4.78 is 5.08. The first kappa shape index (κ1) is 18.2. The minimum Gasteiger partial charge on any atom is -0.507 e. The maximum Gasteiger partial charge on any atom is 0.200 e. The zero-order chi connectivity index (χ0) is 21.0. The van der Waals surface area contributed by atoms with Crippen LogP contribution in [0.1, 0.15) is 31.8 Å². The van der Waals surface area contributed by atoms with Crippen molar-refractivity contribution in [3.63, 3.8) is 0 Å². The fraction of sp³-hybridized carbons (Fsp3) is 0.0476. The van der Waals surface area contributed by atoms with Crippen molar-refractivity contribution in [3.05, 3.63) is 58.7 Å². The van der Waals surface area contributed by atoms with E-state index in [9.17, 15) is 24.9 Å².